The molecule has 3 nitrogen and oxygen atoms in total. The van der Waals surface area contributed by atoms with Crippen LogP contribution in [0.5, 0.6) is 0 Å². The largest absolute Gasteiger partial charge is 0.227 e. The Labute approximate surface area is 59.2 Å². The van der Waals surface area contributed by atoms with Gasteiger partial charge in [0.25, 0.3) is 0 Å². The van der Waals surface area contributed by atoms with Crippen molar-refractivity contribution in [3.8, 4) is 12.1 Å². The highest BCUT2D eigenvalue weighted by Crippen LogP contribution is 1.90. The first-order chi connectivity index (χ1) is 4.74. The quantitative estimate of drug-likeness (QED) is 0.417. The van der Waals surface area contributed by atoms with Gasteiger partial charge < -0.3 is 0 Å². The Morgan fingerprint density at radius 2 is 2.00 bits per heavy atom. The fraction of sp³-hybridized carbons (Fsp3) is 0. The Morgan fingerprint density at radius 1 is 1.40 bits per heavy atom. The molecule has 0 heterocycles. The predicted octanol–water partition coefficient (Wildman–Crippen LogP) is 1.17. The summed E-state index contributed by atoms with van der Waals surface area (Å²) in [7, 11) is 0. The van der Waals surface area contributed by atoms with E-state index in [0.29, 0.717) is 0 Å². The molecule has 10 heavy (non-hydrogen) atoms. The zero-order valence-corrected chi connectivity index (χ0v) is 5.33. The molecule has 0 saturated carbocycles. The number of hydrogen-bond donors (Lipinski definition) is 0. The van der Waals surface area contributed by atoms with E-state index in [9.17, 15) is 0 Å². The molecule has 0 spiro atoms. The van der Waals surface area contributed by atoms with Gasteiger partial charge in [0.15, 0.2) is 0 Å². The van der Waals surface area contributed by atoms with Gasteiger partial charge in [-0.1, -0.05) is 13.2 Å². The molecule has 0 aliphatic rings. The monoisotopic (exact) mass is 131 g/mol. The van der Waals surface area contributed by atoms with Gasteiger partial charge in [0.2, 0.25) is 0 Å². The Bertz CT molecular complexity index is 260. The Hall–Kier alpha value is -1.87. The Kier molecular flexibility index (Phi) is 3.30. The molecule has 0 saturated heterocycles. The van der Waals surface area contributed by atoms with Crippen molar-refractivity contribution in [2.24, 2.45) is 4.99 Å². The van der Waals surface area contributed by atoms with Gasteiger partial charge >= 0.3 is 0 Å². The van der Waals surface area contributed by atoms with Gasteiger partial charge in [-0.15, -0.1) is 0 Å². The molecule has 0 radical (unpaired) electrons. The molecule has 0 atom stereocenters. The molecule has 0 aliphatic carbocycles. The molecule has 0 aliphatic heterocycles. The first kappa shape index (κ1) is 8.13. The van der Waals surface area contributed by atoms with E-state index in [1.807, 2.05) is 0 Å². The minimum atomic E-state index is 0.0106. The van der Waals surface area contributed by atoms with Crippen molar-refractivity contribution in [3.63, 3.8) is 0 Å². The molecular weight excluding hydrogens is 126 g/mol. The van der Waals surface area contributed by atoms with Crippen LogP contribution in [0.2, 0.25) is 0 Å². The number of rotatable bonds is 2. The highest BCUT2D eigenvalue weighted by atomic mass is 14.7. The average molecular weight is 131 g/mol. The van der Waals surface area contributed by atoms with Crippen LogP contribution in [0, 0.1) is 22.7 Å². The summed E-state index contributed by atoms with van der Waals surface area (Å²) in [6.07, 6.45) is 1.27. The highest BCUT2D eigenvalue weighted by molar-refractivity contribution is 6.07. The summed E-state index contributed by atoms with van der Waals surface area (Å²) in [4.78, 5) is 3.51. The summed E-state index contributed by atoms with van der Waals surface area (Å²) < 4.78 is 0. The second kappa shape index (κ2) is 4.05. The topological polar surface area (TPSA) is 59.9 Å². The summed E-state index contributed by atoms with van der Waals surface area (Å²) in [5.41, 5.74) is 0.114. The summed E-state index contributed by atoms with van der Waals surface area (Å²) in [6.45, 7) is 6.58. The van der Waals surface area contributed by atoms with Gasteiger partial charge in [-0.25, -0.2) is 4.99 Å². The predicted molar refractivity (Wildman–Crippen MR) is 38.0 cm³/mol. The van der Waals surface area contributed by atoms with Crippen molar-refractivity contribution in [1.29, 1.82) is 10.5 Å². The second-order valence-electron chi connectivity index (χ2n) is 1.37. The minimum Gasteiger partial charge on any atom is -0.227 e. The van der Waals surface area contributed by atoms with Gasteiger partial charge in [0.05, 0.1) is 0 Å². The van der Waals surface area contributed by atoms with E-state index in [2.05, 4.69) is 18.2 Å². The average Bonchev–Trinajstić information content (AvgIpc) is 1.99. The van der Waals surface area contributed by atoms with E-state index in [4.69, 9.17) is 10.5 Å². The van der Waals surface area contributed by atoms with Crippen molar-refractivity contribution in [3.05, 3.63) is 24.9 Å². The third-order valence-electron chi connectivity index (χ3n) is 0.692. The van der Waals surface area contributed by atoms with Gasteiger partial charge in [0.1, 0.15) is 23.5 Å². The summed E-state index contributed by atoms with van der Waals surface area (Å²) in [5.74, 6) is 0. The first-order valence-corrected chi connectivity index (χ1v) is 2.44. The molecule has 0 bridgehead atoms. The number of allylic oxidation sites excluding steroid dienone is 2. The van der Waals surface area contributed by atoms with Crippen LogP contribution in [0.15, 0.2) is 29.9 Å². The van der Waals surface area contributed by atoms with Gasteiger partial charge in [0, 0.05) is 0 Å². The van der Waals surface area contributed by atoms with Crippen LogP contribution in [-0.2, 0) is 0 Å². The normalized spacial score (nSPS) is 9.20. The number of hydrogen-bond acceptors (Lipinski definition) is 3. The van der Waals surface area contributed by atoms with Gasteiger partial charge in [-0.3, -0.25) is 0 Å². The number of nitriles is 2. The highest BCUT2D eigenvalue weighted by Gasteiger charge is 1.89. The van der Waals surface area contributed by atoms with E-state index < -0.39 is 0 Å². The SMILES string of the molecule is C=CC(C#N)=NC(=C)C#N. The molecule has 0 fully saturated rings. The molecule has 0 aromatic heterocycles. The third-order valence-corrected chi connectivity index (χ3v) is 0.692. The van der Waals surface area contributed by atoms with E-state index in [0.717, 1.165) is 0 Å². The molecule has 0 unspecified atom stereocenters. The van der Waals surface area contributed by atoms with Gasteiger partial charge in [-0.05, 0) is 6.08 Å². The van der Waals surface area contributed by atoms with Gasteiger partial charge in [-0.2, -0.15) is 10.5 Å². The van der Waals surface area contributed by atoms with Crippen molar-refractivity contribution >= 4 is 5.71 Å². The van der Waals surface area contributed by atoms with Crippen LogP contribution < -0.4 is 0 Å². The number of nitrogens with zero attached hydrogens (tertiary/aromatic N) is 3. The zero-order valence-electron chi connectivity index (χ0n) is 5.33. The fourth-order valence-electron chi connectivity index (χ4n) is 0.287. The van der Waals surface area contributed by atoms with Crippen LogP contribution in [0.3, 0.4) is 0 Å². The van der Waals surface area contributed by atoms with Crippen molar-refractivity contribution in [1.82, 2.24) is 0 Å². The summed E-state index contributed by atoms with van der Waals surface area (Å²) in [5, 5.41) is 16.4. The first-order valence-electron chi connectivity index (χ1n) is 2.44. The third kappa shape index (κ3) is 2.44. The molecule has 0 N–H and O–H groups in total. The minimum absolute atomic E-state index is 0.0106. The van der Waals surface area contributed by atoms with Crippen molar-refractivity contribution in [2.45, 2.75) is 0 Å². The molecule has 0 aromatic carbocycles. The molecule has 3 heteroatoms. The molecule has 0 amide bonds. The van der Waals surface area contributed by atoms with E-state index in [1.54, 1.807) is 12.1 Å². The lowest BCUT2D eigenvalue weighted by atomic mass is 10.4. The smallest absolute Gasteiger partial charge is 0.141 e. The van der Waals surface area contributed by atoms with Crippen LogP contribution in [-0.4, -0.2) is 5.71 Å². The zero-order chi connectivity index (χ0) is 7.98. The van der Waals surface area contributed by atoms with Crippen molar-refractivity contribution < 1.29 is 0 Å². The lowest BCUT2D eigenvalue weighted by Crippen LogP contribution is -1.86. The summed E-state index contributed by atoms with van der Waals surface area (Å²) >= 11 is 0. The summed E-state index contributed by atoms with van der Waals surface area (Å²) in [6, 6.07) is 3.42. The maximum atomic E-state index is 8.27. The molecule has 0 aromatic rings. The lowest BCUT2D eigenvalue weighted by molar-refractivity contribution is 1.39. The maximum absolute atomic E-state index is 8.27. The van der Waals surface area contributed by atoms with Crippen LogP contribution in [0.25, 0.3) is 0 Å². The molecule has 0 rings (SSSR count). The Morgan fingerprint density at radius 3 is 2.30 bits per heavy atom. The number of aliphatic imine (C=N–C) groups is 1. The van der Waals surface area contributed by atoms with E-state index >= 15 is 0 Å². The standard InChI is InChI=1S/C7H5N3/c1-3-7(5-9)10-6(2)4-8/h3H,1-2H2. The molecule has 48 valence electrons. The lowest BCUT2D eigenvalue weighted by Gasteiger charge is -1.82. The van der Waals surface area contributed by atoms with E-state index in [-0.39, 0.29) is 11.4 Å². The van der Waals surface area contributed by atoms with Crippen LogP contribution in [0.1, 0.15) is 0 Å². The fourth-order valence-corrected chi connectivity index (χ4v) is 0.287. The van der Waals surface area contributed by atoms with Crippen molar-refractivity contribution in [2.75, 3.05) is 0 Å². The molecular formula is C7H5N3. The Balaban J connectivity index is 4.48. The maximum Gasteiger partial charge on any atom is 0.141 e. The van der Waals surface area contributed by atoms with Crippen LogP contribution >= 0.6 is 0 Å². The van der Waals surface area contributed by atoms with E-state index in [1.165, 1.54) is 6.08 Å². The van der Waals surface area contributed by atoms with Crippen LogP contribution in [0.4, 0.5) is 0 Å². The second-order valence-corrected chi connectivity index (χ2v) is 1.37.